The Kier molecular flexibility index (Phi) is 4.29. The van der Waals surface area contributed by atoms with E-state index in [-0.39, 0.29) is 5.69 Å². The molecule has 0 amide bonds. The lowest BCUT2D eigenvalue weighted by Gasteiger charge is -2.01. The summed E-state index contributed by atoms with van der Waals surface area (Å²) < 4.78 is 5.48. The van der Waals surface area contributed by atoms with Crippen LogP contribution >= 0.6 is 0 Å². The number of hydrogen-bond donors (Lipinski definition) is 0. The van der Waals surface area contributed by atoms with E-state index in [1.165, 1.54) is 12.1 Å². The molecule has 96 valence electrons. The van der Waals surface area contributed by atoms with Crippen molar-refractivity contribution in [2.45, 2.75) is 0 Å². The van der Waals surface area contributed by atoms with Crippen molar-refractivity contribution < 1.29 is 9.66 Å². The molecule has 0 radical (unpaired) electrons. The first-order valence-electron chi connectivity index (χ1n) is 5.84. The second kappa shape index (κ2) is 6.35. The van der Waals surface area contributed by atoms with Crippen LogP contribution in [-0.4, -0.2) is 11.5 Å². The Balaban J connectivity index is 1.92. The second-order valence-corrected chi connectivity index (χ2v) is 3.88. The van der Waals surface area contributed by atoms with E-state index in [0.717, 1.165) is 11.3 Å². The highest BCUT2D eigenvalue weighted by Crippen LogP contribution is 2.14. The quantitative estimate of drug-likeness (QED) is 0.604. The maximum Gasteiger partial charge on any atom is 0.270 e. The summed E-state index contributed by atoms with van der Waals surface area (Å²) in [6.45, 7) is 0.423. The van der Waals surface area contributed by atoms with Gasteiger partial charge in [0.15, 0.2) is 0 Å². The molecule has 4 nitrogen and oxygen atoms in total. The zero-order valence-electron chi connectivity index (χ0n) is 10.2. The van der Waals surface area contributed by atoms with E-state index in [9.17, 15) is 10.1 Å². The van der Waals surface area contributed by atoms with Crippen molar-refractivity contribution in [3.63, 3.8) is 0 Å². The first-order chi connectivity index (χ1) is 9.25. The van der Waals surface area contributed by atoms with Crippen LogP contribution in [0.3, 0.4) is 0 Å². The van der Waals surface area contributed by atoms with Crippen LogP contribution in [0.4, 0.5) is 5.69 Å². The van der Waals surface area contributed by atoms with E-state index in [1.807, 2.05) is 42.5 Å². The summed E-state index contributed by atoms with van der Waals surface area (Å²) in [5.41, 5.74) is 0.872. The van der Waals surface area contributed by atoms with Gasteiger partial charge in [-0.1, -0.05) is 36.4 Å². The van der Waals surface area contributed by atoms with Gasteiger partial charge >= 0.3 is 0 Å². The number of rotatable bonds is 5. The Hall–Kier alpha value is -2.62. The first kappa shape index (κ1) is 12.8. The van der Waals surface area contributed by atoms with Crippen LogP contribution in [0.1, 0.15) is 5.56 Å². The highest BCUT2D eigenvalue weighted by atomic mass is 16.6. The minimum atomic E-state index is -0.405. The third kappa shape index (κ3) is 3.96. The van der Waals surface area contributed by atoms with Crippen LogP contribution < -0.4 is 4.74 Å². The summed E-state index contributed by atoms with van der Waals surface area (Å²) in [6.07, 6.45) is 3.63. The highest BCUT2D eigenvalue weighted by Gasteiger charge is 2.03. The van der Waals surface area contributed by atoms with Crippen molar-refractivity contribution in [1.29, 1.82) is 0 Å². The smallest absolute Gasteiger partial charge is 0.270 e. The standard InChI is InChI=1S/C15H13NO3/c17-16(18)14-8-4-6-13(12-14)7-5-11-19-15-9-2-1-3-10-15/h1-10,12H,11H2. The molecule has 0 saturated carbocycles. The lowest BCUT2D eigenvalue weighted by atomic mass is 10.2. The van der Waals surface area contributed by atoms with Gasteiger partial charge in [-0.25, -0.2) is 0 Å². The topological polar surface area (TPSA) is 52.4 Å². The normalized spacial score (nSPS) is 10.5. The van der Waals surface area contributed by atoms with Crippen molar-refractivity contribution in [2.24, 2.45) is 0 Å². The molecule has 2 aromatic carbocycles. The number of nitrogens with zero attached hydrogens (tertiary/aromatic N) is 1. The van der Waals surface area contributed by atoms with E-state index in [2.05, 4.69) is 0 Å². The van der Waals surface area contributed by atoms with Crippen LogP contribution in [-0.2, 0) is 0 Å². The molecular formula is C15H13NO3. The molecule has 0 N–H and O–H groups in total. The molecule has 0 bridgehead atoms. The minimum Gasteiger partial charge on any atom is -0.490 e. The third-order valence-electron chi connectivity index (χ3n) is 2.48. The Morgan fingerprint density at radius 3 is 2.63 bits per heavy atom. The van der Waals surface area contributed by atoms with E-state index < -0.39 is 4.92 Å². The molecule has 0 fully saturated rings. The average molecular weight is 255 g/mol. The molecule has 0 heterocycles. The number of nitro benzene ring substituents is 1. The van der Waals surface area contributed by atoms with Crippen LogP contribution in [0.15, 0.2) is 60.7 Å². The van der Waals surface area contributed by atoms with Gasteiger partial charge in [-0.05, 0) is 23.8 Å². The lowest BCUT2D eigenvalue weighted by molar-refractivity contribution is -0.384. The molecule has 2 aromatic rings. The maximum absolute atomic E-state index is 10.6. The van der Waals surface area contributed by atoms with Gasteiger partial charge in [0.1, 0.15) is 12.4 Å². The number of non-ortho nitro benzene ring substituents is 1. The number of nitro groups is 1. The minimum absolute atomic E-state index is 0.0890. The Morgan fingerprint density at radius 2 is 1.89 bits per heavy atom. The molecule has 0 aromatic heterocycles. The predicted octanol–water partition coefficient (Wildman–Crippen LogP) is 3.69. The molecule has 4 heteroatoms. The number of para-hydroxylation sites is 1. The summed E-state index contributed by atoms with van der Waals surface area (Å²) in [5, 5.41) is 10.6. The Labute approximate surface area is 111 Å². The van der Waals surface area contributed by atoms with E-state index in [0.29, 0.717) is 6.61 Å². The third-order valence-corrected chi connectivity index (χ3v) is 2.48. The van der Waals surface area contributed by atoms with Gasteiger partial charge < -0.3 is 4.74 Å². The van der Waals surface area contributed by atoms with Crippen molar-refractivity contribution in [3.8, 4) is 5.75 Å². The van der Waals surface area contributed by atoms with Crippen molar-refractivity contribution in [2.75, 3.05) is 6.61 Å². The van der Waals surface area contributed by atoms with Gasteiger partial charge in [-0.15, -0.1) is 0 Å². The molecule has 2 rings (SSSR count). The number of benzene rings is 2. The fourth-order valence-electron chi connectivity index (χ4n) is 1.59. The monoisotopic (exact) mass is 255 g/mol. The summed E-state index contributed by atoms with van der Waals surface area (Å²) in [6, 6.07) is 16.0. The van der Waals surface area contributed by atoms with Gasteiger partial charge in [-0.2, -0.15) is 0 Å². The molecular weight excluding hydrogens is 242 g/mol. The van der Waals surface area contributed by atoms with Crippen LogP contribution in [0.2, 0.25) is 0 Å². The Bertz CT molecular complexity index is 579. The number of hydrogen-bond acceptors (Lipinski definition) is 3. The van der Waals surface area contributed by atoms with E-state index >= 15 is 0 Å². The molecule has 0 spiro atoms. The highest BCUT2D eigenvalue weighted by molar-refractivity contribution is 5.53. The van der Waals surface area contributed by atoms with Crippen molar-refractivity contribution in [1.82, 2.24) is 0 Å². The largest absolute Gasteiger partial charge is 0.490 e. The Morgan fingerprint density at radius 1 is 1.11 bits per heavy atom. The first-order valence-corrected chi connectivity index (χ1v) is 5.84. The zero-order chi connectivity index (χ0) is 13.5. The van der Waals surface area contributed by atoms with Crippen molar-refractivity contribution in [3.05, 3.63) is 76.4 Å². The molecule has 0 aliphatic rings. The molecule has 0 saturated heterocycles. The van der Waals surface area contributed by atoms with Crippen LogP contribution in [0, 0.1) is 10.1 Å². The zero-order valence-corrected chi connectivity index (χ0v) is 10.2. The molecule has 0 atom stereocenters. The van der Waals surface area contributed by atoms with Gasteiger partial charge in [0.2, 0.25) is 0 Å². The molecule has 0 aliphatic heterocycles. The predicted molar refractivity (Wildman–Crippen MR) is 74.1 cm³/mol. The lowest BCUT2D eigenvalue weighted by Crippen LogP contribution is -1.92. The molecule has 0 unspecified atom stereocenters. The van der Waals surface area contributed by atoms with E-state index in [4.69, 9.17) is 4.74 Å². The fraction of sp³-hybridized carbons (Fsp3) is 0.0667. The summed E-state index contributed by atoms with van der Waals surface area (Å²) in [7, 11) is 0. The summed E-state index contributed by atoms with van der Waals surface area (Å²) in [4.78, 5) is 10.2. The van der Waals surface area contributed by atoms with Crippen LogP contribution in [0.25, 0.3) is 6.08 Å². The maximum atomic E-state index is 10.6. The van der Waals surface area contributed by atoms with E-state index in [1.54, 1.807) is 12.1 Å². The fourth-order valence-corrected chi connectivity index (χ4v) is 1.59. The van der Waals surface area contributed by atoms with Crippen molar-refractivity contribution >= 4 is 11.8 Å². The van der Waals surface area contributed by atoms with Crippen LogP contribution in [0.5, 0.6) is 5.75 Å². The van der Waals surface area contributed by atoms with Gasteiger partial charge in [0.05, 0.1) is 4.92 Å². The van der Waals surface area contributed by atoms with Gasteiger partial charge in [0, 0.05) is 12.1 Å². The number of ether oxygens (including phenoxy) is 1. The average Bonchev–Trinajstić information content (AvgIpc) is 2.45. The summed E-state index contributed by atoms with van der Waals surface area (Å²) in [5.74, 6) is 0.797. The SMILES string of the molecule is O=[N+]([O-])c1cccc(C=CCOc2ccccc2)c1. The summed E-state index contributed by atoms with van der Waals surface area (Å²) >= 11 is 0. The van der Waals surface area contributed by atoms with Gasteiger partial charge in [-0.3, -0.25) is 10.1 Å². The molecule has 0 aliphatic carbocycles. The van der Waals surface area contributed by atoms with Gasteiger partial charge in [0.25, 0.3) is 5.69 Å². The second-order valence-electron chi connectivity index (χ2n) is 3.88. The molecule has 19 heavy (non-hydrogen) atoms.